The number of sulfone groups is 1. The molecule has 2 nitrogen and oxygen atoms in total. The van der Waals surface area contributed by atoms with E-state index in [1.165, 1.54) is 12.1 Å². The van der Waals surface area contributed by atoms with Crippen LogP contribution in [0.2, 0.25) is 0 Å². The highest BCUT2D eigenvalue weighted by molar-refractivity contribution is 7.90. The van der Waals surface area contributed by atoms with Gasteiger partial charge in [-0.3, -0.25) is 0 Å². The zero-order valence-corrected chi connectivity index (χ0v) is 6.65. The molecule has 0 amide bonds. The van der Waals surface area contributed by atoms with Crippen molar-refractivity contribution in [1.29, 1.82) is 0 Å². The first kappa shape index (κ1) is 8.20. The molecule has 0 bridgehead atoms. The van der Waals surface area contributed by atoms with Crippen LogP contribution in [0.4, 0.5) is 4.39 Å². The maximum Gasteiger partial charge on any atom is 0.176 e. The summed E-state index contributed by atoms with van der Waals surface area (Å²) in [6.45, 7) is 0. The molecule has 11 heavy (non-hydrogen) atoms. The van der Waals surface area contributed by atoms with E-state index in [4.69, 9.17) is 0 Å². The van der Waals surface area contributed by atoms with Crippen molar-refractivity contribution < 1.29 is 12.8 Å². The summed E-state index contributed by atoms with van der Waals surface area (Å²) in [5, 5.41) is 0. The van der Waals surface area contributed by atoms with Crippen molar-refractivity contribution in [3.63, 3.8) is 0 Å². The van der Waals surface area contributed by atoms with E-state index >= 15 is 0 Å². The first-order valence-electron chi connectivity index (χ1n) is 2.88. The molecule has 0 aromatic heterocycles. The Morgan fingerprint density at radius 2 is 2.09 bits per heavy atom. The van der Waals surface area contributed by atoms with Gasteiger partial charge in [-0.2, -0.15) is 0 Å². The number of halogens is 1. The molecule has 1 aromatic rings. The van der Waals surface area contributed by atoms with E-state index in [1.54, 1.807) is 0 Å². The minimum Gasteiger partial charge on any atom is -0.224 e. The largest absolute Gasteiger partial charge is 0.224 e. The van der Waals surface area contributed by atoms with Crippen LogP contribution in [0.15, 0.2) is 23.1 Å². The highest BCUT2D eigenvalue weighted by atomic mass is 32.2. The van der Waals surface area contributed by atoms with Gasteiger partial charge in [0.25, 0.3) is 0 Å². The first-order valence-corrected chi connectivity index (χ1v) is 4.77. The van der Waals surface area contributed by atoms with Gasteiger partial charge in [0.1, 0.15) is 5.82 Å². The highest BCUT2D eigenvalue weighted by Crippen LogP contribution is 2.08. The fourth-order valence-corrected chi connectivity index (χ4v) is 1.25. The number of rotatable bonds is 1. The van der Waals surface area contributed by atoms with Gasteiger partial charge in [0, 0.05) is 12.3 Å². The van der Waals surface area contributed by atoms with Gasteiger partial charge in [-0.1, -0.05) is 6.07 Å². The van der Waals surface area contributed by atoms with Crippen LogP contribution in [0.3, 0.4) is 0 Å². The predicted octanol–water partition coefficient (Wildman–Crippen LogP) is 1.03. The maximum atomic E-state index is 12.4. The molecule has 4 heteroatoms. The third-order valence-electron chi connectivity index (χ3n) is 1.13. The summed E-state index contributed by atoms with van der Waals surface area (Å²) in [4.78, 5) is -0.113. The van der Waals surface area contributed by atoms with Gasteiger partial charge in [0.15, 0.2) is 9.84 Å². The van der Waals surface area contributed by atoms with Crippen molar-refractivity contribution in [2.45, 2.75) is 4.90 Å². The zero-order valence-electron chi connectivity index (χ0n) is 5.83. The fraction of sp³-hybridized carbons (Fsp3) is 0.143. The average Bonchev–Trinajstić information content (AvgIpc) is 1.86. The lowest BCUT2D eigenvalue weighted by atomic mass is 10.4. The van der Waals surface area contributed by atoms with E-state index in [-0.39, 0.29) is 4.90 Å². The topological polar surface area (TPSA) is 34.1 Å². The Balaban J connectivity index is 3.28. The van der Waals surface area contributed by atoms with Crippen LogP contribution in [0.25, 0.3) is 0 Å². The molecule has 0 N–H and O–H groups in total. The summed E-state index contributed by atoms with van der Waals surface area (Å²) < 4.78 is 34.0. The maximum absolute atomic E-state index is 12.4. The van der Waals surface area contributed by atoms with E-state index < -0.39 is 15.7 Å². The van der Waals surface area contributed by atoms with Gasteiger partial charge in [-0.05, 0) is 12.1 Å². The smallest absolute Gasteiger partial charge is 0.176 e. The van der Waals surface area contributed by atoms with Crippen LogP contribution in [0.1, 0.15) is 0 Å². The molecule has 0 aliphatic rings. The SMILES string of the molecule is CS(=O)(=O)c1[c]c(F)ccc1. The molecule has 1 aromatic carbocycles. The normalized spacial score (nSPS) is 11.5. The van der Waals surface area contributed by atoms with Gasteiger partial charge in [-0.25, -0.2) is 12.8 Å². The Morgan fingerprint density at radius 1 is 1.45 bits per heavy atom. The van der Waals surface area contributed by atoms with Crippen LogP contribution < -0.4 is 0 Å². The van der Waals surface area contributed by atoms with Crippen molar-refractivity contribution in [3.8, 4) is 0 Å². The summed E-state index contributed by atoms with van der Waals surface area (Å²) in [5.74, 6) is -0.659. The molecule has 0 saturated carbocycles. The Hall–Kier alpha value is -0.900. The number of hydrogen-bond donors (Lipinski definition) is 0. The van der Waals surface area contributed by atoms with Crippen LogP contribution >= 0.6 is 0 Å². The molecule has 0 fully saturated rings. The second kappa shape index (κ2) is 2.62. The van der Waals surface area contributed by atoms with Gasteiger partial charge >= 0.3 is 0 Å². The standard InChI is InChI=1S/C7H6FO2S/c1-11(9,10)7-4-2-3-6(8)5-7/h2-4H,1H3. The summed E-state index contributed by atoms with van der Waals surface area (Å²) in [6.07, 6.45) is 1.01. The van der Waals surface area contributed by atoms with Crippen molar-refractivity contribution in [1.82, 2.24) is 0 Å². The third-order valence-corrected chi connectivity index (χ3v) is 2.17. The van der Waals surface area contributed by atoms with E-state index in [2.05, 4.69) is 6.07 Å². The van der Waals surface area contributed by atoms with Gasteiger partial charge in [0.05, 0.1) is 4.90 Å². The predicted molar refractivity (Wildman–Crippen MR) is 38.3 cm³/mol. The molecule has 0 saturated heterocycles. The Labute approximate surface area is 64.6 Å². The van der Waals surface area contributed by atoms with Crippen molar-refractivity contribution in [3.05, 3.63) is 30.1 Å². The van der Waals surface area contributed by atoms with Crippen molar-refractivity contribution in [2.75, 3.05) is 6.26 Å². The van der Waals surface area contributed by atoms with Crippen LogP contribution in [-0.2, 0) is 9.84 Å². The van der Waals surface area contributed by atoms with Crippen molar-refractivity contribution in [2.24, 2.45) is 0 Å². The molecule has 1 radical (unpaired) electrons. The second-order valence-electron chi connectivity index (χ2n) is 2.14. The molecule has 1 rings (SSSR count). The lowest BCUT2D eigenvalue weighted by Crippen LogP contribution is -1.97. The molecular weight excluding hydrogens is 167 g/mol. The van der Waals surface area contributed by atoms with Gasteiger partial charge in [-0.15, -0.1) is 0 Å². The summed E-state index contributed by atoms with van der Waals surface area (Å²) in [7, 11) is -3.32. The van der Waals surface area contributed by atoms with Crippen LogP contribution in [0, 0.1) is 11.9 Å². The number of benzene rings is 1. The lowest BCUT2D eigenvalue weighted by molar-refractivity contribution is 0.595. The van der Waals surface area contributed by atoms with Gasteiger partial charge < -0.3 is 0 Å². The Bertz CT molecular complexity index is 356. The summed E-state index contributed by atoms with van der Waals surface area (Å²) in [6, 6.07) is 5.88. The molecule has 0 aliphatic carbocycles. The number of hydrogen-bond acceptors (Lipinski definition) is 2. The van der Waals surface area contributed by atoms with E-state index in [9.17, 15) is 12.8 Å². The van der Waals surface area contributed by atoms with Crippen molar-refractivity contribution >= 4 is 9.84 Å². The molecule has 0 spiro atoms. The highest BCUT2D eigenvalue weighted by Gasteiger charge is 2.06. The van der Waals surface area contributed by atoms with Crippen LogP contribution in [0.5, 0.6) is 0 Å². The molecule has 59 valence electrons. The Morgan fingerprint density at radius 3 is 2.45 bits per heavy atom. The lowest BCUT2D eigenvalue weighted by Gasteiger charge is -1.94. The summed E-state index contributed by atoms with van der Waals surface area (Å²) >= 11 is 0. The fourth-order valence-electron chi connectivity index (χ4n) is 0.637. The minimum atomic E-state index is -3.32. The second-order valence-corrected chi connectivity index (χ2v) is 4.12. The third kappa shape index (κ3) is 2.01. The van der Waals surface area contributed by atoms with Gasteiger partial charge in [0.2, 0.25) is 0 Å². The molecule has 0 heterocycles. The Kier molecular flexibility index (Phi) is 1.95. The monoisotopic (exact) mass is 173 g/mol. The first-order chi connectivity index (χ1) is 5.00. The van der Waals surface area contributed by atoms with E-state index in [0.717, 1.165) is 12.3 Å². The van der Waals surface area contributed by atoms with E-state index in [1.807, 2.05) is 0 Å². The summed E-state index contributed by atoms with van der Waals surface area (Å²) in [5.41, 5.74) is 0. The zero-order chi connectivity index (χ0) is 8.48. The molecule has 0 aliphatic heterocycles. The van der Waals surface area contributed by atoms with Crippen LogP contribution in [-0.4, -0.2) is 14.7 Å². The molecule has 0 atom stereocenters. The minimum absolute atomic E-state index is 0.113. The average molecular weight is 173 g/mol. The molecular formula is C7H6FO2S. The quantitative estimate of drug-likeness (QED) is 0.635. The van der Waals surface area contributed by atoms with E-state index in [0.29, 0.717) is 0 Å². The molecule has 0 unspecified atom stereocenters.